The first-order valence-electron chi connectivity index (χ1n) is 9.17. The van der Waals surface area contributed by atoms with Crippen LogP contribution in [0.4, 0.5) is 0 Å². The lowest BCUT2D eigenvalue weighted by Gasteiger charge is -2.16. The summed E-state index contributed by atoms with van der Waals surface area (Å²) in [6, 6.07) is 9.28. The van der Waals surface area contributed by atoms with Crippen molar-refractivity contribution in [2.45, 2.75) is 46.5 Å². The average molecular weight is 387 g/mol. The Morgan fingerprint density at radius 2 is 1.96 bits per heavy atom. The number of carbonyl (C=O) groups is 1. The molecule has 0 aromatic heterocycles. The molecular formula is C23H27ClO3. The average Bonchev–Trinajstić information content (AvgIpc) is 2.62. The predicted octanol–water partition coefficient (Wildman–Crippen LogP) is 6.15. The van der Waals surface area contributed by atoms with Crippen LogP contribution in [-0.2, 0) is 11.2 Å². The van der Waals surface area contributed by atoms with Gasteiger partial charge in [0.15, 0.2) is 5.78 Å². The van der Waals surface area contributed by atoms with Gasteiger partial charge in [0, 0.05) is 11.4 Å². The summed E-state index contributed by atoms with van der Waals surface area (Å²) in [5, 5.41) is 10.6. The van der Waals surface area contributed by atoms with Crippen molar-refractivity contribution >= 4 is 23.0 Å². The Balaban J connectivity index is 2.37. The van der Waals surface area contributed by atoms with E-state index in [1.807, 2.05) is 32.0 Å². The summed E-state index contributed by atoms with van der Waals surface area (Å²) < 4.78 is 5.59. The third-order valence-corrected chi connectivity index (χ3v) is 4.86. The van der Waals surface area contributed by atoms with E-state index in [9.17, 15) is 9.90 Å². The number of carbonyl (C=O) groups excluding carboxylic acids is 1. The van der Waals surface area contributed by atoms with Gasteiger partial charge in [-0.05, 0) is 59.7 Å². The van der Waals surface area contributed by atoms with Gasteiger partial charge in [0.2, 0.25) is 0 Å². The van der Waals surface area contributed by atoms with Gasteiger partial charge in [-0.3, -0.25) is 4.79 Å². The van der Waals surface area contributed by atoms with Crippen LogP contribution in [0, 0.1) is 0 Å². The highest BCUT2D eigenvalue weighted by molar-refractivity contribution is 6.31. The summed E-state index contributed by atoms with van der Waals surface area (Å²) >= 11 is 6.56. The Morgan fingerprint density at radius 3 is 2.56 bits per heavy atom. The van der Waals surface area contributed by atoms with Crippen molar-refractivity contribution in [1.82, 2.24) is 0 Å². The Hall–Kier alpha value is -2.26. The monoisotopic (exact) mass is 386 g/mol. The molecule has 3 nitrogen and oxygen atoms in total. The Labute approximate surface area is 166 Å². The Morgan fingerprint density at radius 1 is 1.26 bits per heavy atom. The van der Waals surface area contributed by atoms with E-state index in [0.717, 1.165) is 27.8 Å². The van der Waals surface area contributed by atoms with E-state index in [1.54, 1.807) is 12.1 Å². The first-order chi connectivity index (χ1) is 12.7. The molecule has 144 valence electrons. The molecule has 27 heavy (non-hydrogen) atoms. The minimum Gasteiger partial charge on any atom is -0.508 e. The van der Waals surface area contributed by atoms with E-state index < -0.39 is 0 Å². The highest BCUT2D eigenvalue weighted by Gasteiger charge is 2.14. The summed E-state index contributed by atoms with van der Waals surface area (Å²) in [7, 11) is 0. The fourth-order valence-corrected chi connectivity index (χ4v) is 3.18. The minimum absolute atomic E-state index is 0.0392. The normalized spacial score (nSPS) is 10.9. The number of phenolic OH excluding ortho intramolecular Hbond substituents is 1. The summed E-state index contributed by atoms with van der Waals surface area (Å²) in [5.74, 6) is 1.15. The molecule has 0 heterocycles. The lowest BCUT2D eigenvalue weighted by molar-refractivity contribution is -0.120. The quantitative estimate of drug-likeness (QED) is 0.591. The van der Waals surface area contributed by atoms with E-state index in [-0.39, 0.29) is 18.3 Å². The third kappa shape index (κ3) is 5.36. The van der Waals surface area contributed by atoms with Crippen LogP contribution in [0.5, 0.6) is 11.5 Å². The molecule has 0 aliphatic carbocycles. The number of halogens is 1. The van der Waals surface area contributed by atoms with Crippen molar-refractivity contribution in [3.05, 3.63) is 64.2 Å². The van der Waals surface area contributed by atoms with E-state index >= 15 is 0 Å². The molecular weight excluding hydrogens is 360 g/mol. The van der Waals surface area contributed by atoms with E-state index in [1.165, 1.54) is 0 Å². The number of Topliss-reactive ketones (excluding diaryl/α,β-unsaturated/α-hetero) is 1. The Bertz CT molecular complexity index is 853. The van der Waals surface area contributed by atoms with Crippen molar-refractivity contribution in [2.24, 2.45) is 0 Å². The first-order valence-corrected chi connectivity index (χ1v) is 9.55. The molecule has 2 aromatic rings. The lowest BCUT2D eigenvalue weighted by Crippen LogP contribution is -2.10. The van der Waals surface area contributed by atoms with Crippen LogP contribution in [0.15, 0.2) is 36.9 Å². The van der Waals surface area contributed by atoms with Gasteiger partial charge in [-0.25, -0.2) is 0 Å². The lowest BCUT2D eigenvalue weighted by atomic mass is 9.93. The molecule has 0 atom stereocenters. The zero-order valence-corrected chi connectivity index (χ0v) is 17.2. The number of rotatable bonds is 8. The molecule has 0 bridgehead atoms. The number of hydrogen-bond donors (Lipinski definition) is 1. The molecule has 1 N–H and O–H groups in total. The number of benzene rings is 2. The van der Waals surface area contributed by atoms with Crippen LogP contribution in [0.1, 0.15) is 62.3 Å². The molecule has 2 rings (SSSR count). The van der Waals surface area contributed by atoms with Gasteiger partial charge in [0.05, 0.1) is 0 Å². The maximum absolute atomic E-state index is 11.5. The number of phenols is 1. The molecule has 0 aliphatic heterocycles. The minimum atomic E-state index is 0.0392. The topological polar surface area (TPSA) is 46.5 Å². The van der Waals surface area contributed by atoms with Gasteiger partial charge in [-0.2, -0.15) is 0 Å². The molecule has 0 aliphatic rings. The van der Waals surface area contributed by atoms with Crippen molar-refractivity contribution in [2.75, 3.05) is 6.61 Å². The number of hydrogen-bond acceptors (Lipinski definition) is 3. The zero-order valence-electron chi connectivity index (χ0n) is 16.4. The number of allylic oxidation sites excluding steroid dienone is 1. The van der Waals surface area contributed by atoms with Crippen molar-refractivity contribution in [1.29, 1.82) is 0 Å². The molecule has 4 heteroatoms. The number of ketones is 1. The van der Waals surface area contributed by atoms with Gasteiger partial charge in [0.1, 0.15) is 18.1 Å². The first kappa shape index (κ1) is 21.0. The standard InChI is InChI=1S/C23H27ClO3/c1-6-17(25)13-27-18-11-19(14(2)3)21(22(24)12-18)10-16-7-8-23(26)20(9-16)15(4)5/h7-9,11-12,15,26H,2,6,10,13H2,1,3-5H3. The van der Waals surface area contributed by atoms with Gasteiger partial charge < -0.3 is 9.84 Å². The molecule has 0 saturated heterocycles. The van der Waals surface area contributed by atoms with Crippen LogP contribution in [0.3, 0.4) is 0 Å². The van der Waals surface area contributed by atoms with Crippen molar-refractivity contribution < 1.29 is 14.6 Å². The van der Waals surface area contributed by atoms with Crippen LogP contribution in [-0.4, -0.2) is 17.5 Å². The smallest absolute Gasteiger partial charge is 0.169 e. The summed E-state index contributed by atoms with van der Waals surface area (Å²) in [5.41, 5.74) is 4.73. The SMILES string of the molecule is C=C(C)c1cc(OCC(=O)CC)cc(Cl)c1Cc1ccc(O)c(C(C)C)c1. The van der Waals surface area contributed by atoms with Gasteiger partial charge in [-0.1, -0.05) is 56.7 Å². The third-order valence-electron chi connectivity index (χ3n) is 4.52. The van der Waals surface area contributed by atoms with Gasteiger partial charge in [-0.15, -0.1) is 0 Å². The molecule has 0 saturated carbocycles. The van der Waals surface area contributed by atoms with E-state index in [2.05, 4.69) is 20.4 Å². The zero-order chi connectivity index (χ0) is 20.1. The summed E-state index contributed by atoms with van der Waals surface area (Å²) in [6.45, 7) is 11.9. The predicted molar refractivity (Wildman–Crippen MR) is 112 cm³/mol. The Kier molecular flexibility index (Phi) is 7.09. The highest BCUT2D eigenvalue weighted by Crippen LogP contribution is 2.34. The molecule has 0 amide bonds. The summed E-state index contributed by atoms with van der Waals surface area (Å²) in [6.07, 6.45) is 1.06. The second-order valence-electron chi connectivity index (χ2n) is 7.12. The van der Waals surface area contributed by atoms with Crippen LogP contribution in [0.2, 0.25) is 5.02 Å². The molecule has 2 aromatic carbocycles. The summed E-state index contributed by atoms with van der Waals surface area (Å²) in [4.78, 5) is 11.5. The van der Waals surface area contributed by atoms with Crippen molar-refractivity contribution in [3.63, 3.8) is 0 Å². The largest absolute Gasteiger partial charge is 0.508 e. The van der Waals surface area contributed by atoms with Crippen molar-refractivity contribution in [3.8, 4) is 11.5 Å². The maximum atomic E-state index is 11.5. The molecule has 0 unspecified atom stereocenters. The van der Waals surface area contributed by atoms with Gasteiger partial charge in [0.25, 0.3) is 0 Å². The van der Waals surface area contributed by atoms with E-state index in [4.69, 9.17) is 16.3 Å². The fraction of sp³-hybridized carbons (Fsp3) is 0.348. The highest BCUT2D eigenvalue weighted by atomic mass is 35.5. The molecule has 0 radical (unpaired) electrons. The second-order valence-corrected chi connectivity index (χ2v) is 7.52. The second kappa shape index (κ2) is 9.09. The molecule has 0 spiro atoms. The molecule has 0 fully saturated rings. The number of ether oxygens (including phenoxy) is 1. The van der Waals surface area contributed by atoms with Crippen LogP contribution >= 0.6 is 11.6 Å². The van der Waals surface area contributed by atoms with Crippen LogP contribution in [0.25, 0.3) is 5.57 Å². The number of aromatic hydroxyl groups is 1. The maximum Gasteiger partial charge on any atom is 0.169 e. The van der Waals surface area contributed by atoms with E-state index in [0.29, 0.717) is 29.4 Å². The van der Waals surface area contributed by atoms with Crippen LogP contribution < -0.4 is 4.74 Å². The van der Waals surface area contributed by atoms with Gasteiger partial charge >= 0.3 is 0 Å². The fourth-order valence-electron chi connectivity index (χ4n) is 2.90.